The molecule has 0 atom stereocenters. The van der Waals surface area contributed by atoms with Crippen molar-refractivity contribution in [2.75, 3.05) is 0 Å². The van der Waals surface area contributed by atoms with E-state index < -0.39 is 11.6 Å². The molecular formula is C30H13F3N2. The minimum Gasteiger partial charge on any atom is -0.207 e. The Morgan fingerprint density at radius 1 is 0.543 bits per heavy atom. The third-order valence-corrected chi connectivity index (χ3v) is 6.52. The summed E-state index contributed by atoms with van der Waals surface area (Å²) in [6.45, 7) is 0. The molecule has 0 fully saturated rings. The second-order valence-electron chi connectivity index (χ2n) is 8.31. The van der Waals surface area contributed by atoms with Crippen molar-refractivity contribution in [1.82, 2.24) is 0 Å². The van der Waals surface area contributed by atoms with Gasteiger partial charge in [-0.25, -0.2) is 13.2 Å². The quantitative estimate of drug-likeness (QED) is 0.275. The number of rotatable bonds is 2. The van der Waals surface area contributed by atoms with Crippen LogP contribution in [0.1, 0.15) is 0 Å². The van der Waals surface area contributed by atoms with E-state index in [1.807, 2.05) is 18.2 Å². The molecule has 0 heterocycles. The molecule has 2 aliphatic carbocycles. The lowest BCUT2D eigenvalue weighted by molar-refractivity contribution is 0.627. The fourth-order valence-corrected chi connectivity index (χ4v) is 5.15. The maximum Gasteiger partial charge on any atom is 0.138 e. The van der Waals surface area contributed by atoms with E-state index in [-0.39, 0.29) is 11.4 Å². The smallest absolute Gasteiger partial charge is 0.138 e. The van der Waals surface area contributed by atoms with Gasteiger partial charge in [0.1, 0.15) is 35.2 Å². The molecule has 4 aromatic carbocycles. The molecule has 0 saturated heterocycles. The first-order chi connectivity index (χ1) is 17.0. The Hall–Kier alpha value is -4.87. The van der Waals surface area contributed by atoms with Gasteiger partial charge in [-0.05, 0) is 63.4 Å². The molecule has 2 nitrogen and oxygen atoms in total. The first kappa shape index (κ1) is 20.7. The van der Waals surface area contributed by atoms with E-state index in [1.54, 1.807) is 42.5 Å². The van der Waals surface area contributed by atoms with Gasteiger partial charge < -0.3 is 0 Å². The second-order valence-corrected chi connectivity index (χ2v) is 8.31. The van der Waals surface area contributed by atoms with Crippen LogP contribution in [0.3, 0.4) is 0 Å². The Kier molecular flexibility index (Phi) is 4.49. The molecule has 6 rings (SSSR count). The van der Waals surface area contributed by atoms with Crippen LogP contribution in [0, 0.1) is 40.1 Å². The van der Waals surface area contributed by atoms with E-state index in [0.717, 1.165) is 27.3 Å². The molecule has 2 aliphatic rings. The van der Waals surface area contributed by atoms with Crippen LogP contribution in [-0.4, -0.2) is 0 Å². The van der Waals surface area contributed by atoms with Crippen molar-refractivity contribution < 1.29 is 13.2 Å². The number of hydrogen-bond acceptors (Lipinski definition) is 2. The Morgan fingerprint density at radius 3 is 1.54 bits per heavy atom. The Labute approximate surface area is 198 Å². The lowest BCUT2D eigenvalue weighted by Crippen LogP contribution is -2.09. The van der Waals surface area contributed by atoms with E-state index in [2.05, 4.69) is 0 Å². The second kappa shape index (κ2) is 7.58. The van der Waals surface area contributed by atoms with Crippen molar-refractivity contribution in [3.05, 3.63) is 102 Å². The number of benzene rings is 4. The monoisotopic (exact) mass is 458 g/mol. The number of nitrogens with zero attached hydrogens (tertiary/aromatic N) is 2. The maximum absolute atomic E-state index is 14.8. The highest BCUT2D eigenvalue weighted by Gasteiger charge is 2.30. The molecule has 0 saturated carbocycles. The van der Waals surface area contributed by atoms with Crippen LogP contribution in [0.2, 0.25) is 0 Å². The van der Waals surface area contributed by atoms with Gasteiger partial charge in [0, 0.05) is 27.1 Å². The Bertz CT molecular complexity index is 1770. The summed E-state index contributed by atoms with van der Waals surface area (Å²) in [4.78, 5) is 0. The van der Waals surface area contributed by atoms with E-state index in [9.17, 15) is 23.7 Å². The first-order valence-corrected chi connectivity index (χ1v) is 10.8. The van der Waals surface area contributed by atoms with Crippen LogP contribution in [0.4, 0.5) is 13.2 Å². The summed E-state index contributed by atoms with van der Waals surface area (Å²) in [7, 11) is 0. The van der Waals surface area contributed by atoms with Crippen LogP contribution in [0.25, 0.3) is 60.5 Å². The molecule has 0 aromatic heterocycles. The largest absolute Gasteiger partial charge is 0.207 e. The molecule has 0 unspecified atom stereocenters. The average molecular weight is 458 g/mol. The predicted octanol–water partition coefficient (Wildman–Crippen LogP) is 7.20. The summed E-state index contributed by atoms with van der Waals surface area (Å²) in [5.41, 5.74) is 3.75. The highest BCUT2D eigenvalue weighted by atomic mass is 19.1. The average Bonchev–Trinajstić information content (AvgIpc) is 3.38. The molecule has 5 heteroatoms. The van der Waals surface area contributed by atoms with Gasteiger partial charge in [-0.2, -0.15) is 10.5 Å². The van der Waals surface area contributed by atoms with Crippen molar-refractivity contribution in [1.29, 1.82) is 10.5 Å². The minimum absolute atomic E-state index is 0.117. The highest BCUT2D eigenvalue weighted by Crippen LogP contribution is 2.51. The zero-order valence-electron chi connectivity index (χ0n) is 18.0. The lowest BCUT2D eigenvalue weighted by Gasteiger charge is -2.06. The predicted molar refractivity (Wildman–Crippen MR) is 130 cm³/mol. The molecule has 0 aliphatic heterocycles. The normalized spacial score (nSPS) is 11.2. The van der Waals surface area contributed by atoms with Crippen molar-refractivity contribution in [3.63, 3.8) is 0 Å². The topological polar surface area (TPSA) is 47.6 Å². The van der Waals surface area contributed by atoms with Gasteiger partial charge in [-0.1, -0.05) is 48.5 Å². The van der Waals surface area contributed by atoms with Gasteiger partial charge >= 0.3 is 0 Å². The van der Waals surface area contributed by atoms with E-state index in [1.165, 1.54) is 30.3 Å². The van der Waals surface area contributed by atoms with Crippen molar-refractivity contribution in [3.8, 4) is 45.5 Å². The summed E-state index contributed by atoms with van der Waals surface area (Å²) < 4.78 is 42.4. The summed E-state index contributed by atoms with van der Waals surface area (Å²) in [6.07, 6.45) is 0. The third kappa shape index (κ3) is 2.89. The molecule has 0 spiro atoms. The molecule has 0 bridgehead atoms. The molecule has 35 heavy (non-hydrogen) atoms. The molecular weight excluding hydrogens is 445 g/mol. The first-order valence-electron chi connectivity index (χ1n) is 10.8. The lowest BCUT2D eigenvalue weighted by atomic mass is 9.97. The fourth-order valence-electron chi connectivity index (χ4n) is 5.15. The number of halogens is 3. The van der Waals surface area contributed by atoms with Gasteiger partial charge in [0.2, 0.25) is 0 Å². The van der Waals surface area contributed by atoms with E-state index in [0.29, 0.717) is 32.9 Å². The van der Waals surface area contributed by atoms with Crippen LogP contribution in [-0.2, 0) is 0 Å². The van der Waals surface area contributed by atoms with Crippen LogP contribution >= 0.6 is 0 Å². The molecule has 164 valence electrons. The summed E-state index contributed by atoms with van der Waals surface area (Å²) in [5.74, 6) is -1.20. The number of hydrogen-bond donors (Lipinski definition) is 0. The number of nitriles is 2. The SMILES string of the molecule is N#CC(C#N)=c1c(-c2ccc(F)cc2)c2c3cccc4c(F)ccc(c-2c1-c1ccc(F)cc1)c43. The van der Waals surface area contributed by atoms with Gasteiger partial charge in [0.15, 0.2) is 0 Å². The third-order valence-electron chi connectivity index (χ3n) is 6.52. The standard InChI is InChI=1S/C30H13F3N2/c31-19-8-4-16(5-9-19)25-27(18(14-34)15-35)26(17-6-10-20(32)11-7-17)30-23-12-13-24(33)21-2-1-3-22(28(21)23)29(25)30/h1-13H. The Morgan fingerprint density at radius 2 is 1.03 bits per heavy atom. The van der Waals surface area contributed by atoms with E-state index >= 15 is 0 Å². The van der Waals surface area contributed by atoms with Crippen LogP contribution in [0.15, 0.2) is 78.9 Å². The van der Waals surface area contributed by atoms with Gasteiger partial charge in [-0.3, -0.25) is 0 Å². The fraction of sp³-hybridized carbons (Fsp3) is 0. The Balaban J connectivity index is 1.96. The van der Waals surface area contributed by atoms with Crippen LogP contribution in [0.5, 0.6) is 0 Å². The van der Waals surface area contributed by atoms with Crippen molar-refractivity contribution in [2.45, 2.75) is 0 Å². The van der Waals surface area contributed by atoms with Gasteiger partial charge in [-0.15, -0.1) is 0 Å². The zero-order chi connectivity index (χ0) is 24.3. The minimum atomic E-state index is -0.422. The summed E-state index contributed by atoms with van der Waals surface area (Å²) >= 11 is 0. The molecule has 0 amide bonds. The van der Waals surface area contributed by atoms with Gasteiger partial charge in [0.25, 0.3) is 0 Å². The summed E-state index contributed by atoms with van der Waals surface area (Å²) in [5, 5.41) is 22.9. The summed E-state index contributed by atoms with van der Waals surface area (Å²) in [6, 6.07) is 24.1. The van der Waals surface area contributed by atoms with Crippen molar-refractivity contribution >= 4 is 27.1 Å². The zero-order valence-corrected chi connectivity index (χ0v) is 18.0. The molecule has 0 N–H and O–H groups in total. The molecule has 0 radical (unpaired) electrons. The van der Waals surface area contributed by atoms with E-state index in [4.69, 9.17) is 0 Å². The molecule has 4 aromatic rings. The van der Waals surface area contributed by atoms with Gasteiger partial charge in [0.05, 0.1) is 0 Å². The van der Waals surface area contributed by atoms with Crippen LogP contribution < -0.4 is 5.22 Å². The number of fused-ring (bicyclic) bond motifs is 3. The highest BCUT2D eigenvalue weighted by molar-refractivity contribution is 6.29. The maximum atomic E-state index is 14.8. The van der Waals surface area contributed by atoms with Crippen molar-refractivity contribution in [2.24, 2.45) is 0 Å².